The highest BCUT2D eigenvalue weighted by Crippen LogP contribution is 2.28. The molecule has 0 aromatic heterocycles. The molecule has 2 aromatic rings. The van der Waals surface area contributed by atoms with Gasteiger partial charge in [0.05, 0.1) is 18.4 Å². The molecule has 21 heavy (non-hydrogen) atoms. The molecular weight excluding hydrogens is 262 g/mol. The van der Waals surface area contributed by atoms with Gasteiger partial charge in [-0.1, -0.05) is 6.07 Å². The lowest BCUT2D eigenvalue weighted by Gasteiger charge is -2.21. The second-order valence-corrected chi connectivity index (χ2v) is 4.75. The van der Waals surface area contributed by atoms with Gasteiger partial charge in [0.1, 0.15) is 11.8 Å². The minimum Gasteiger partial charge on any atom is -0.497 e. The summed E-state index contributed by atoms with van der Waals surface area (Å²) in [6.07, 6.45) is 0. The van der Waals surface area contributed by atoms with E-state index in [1.54, 1.807) is 7.11 Å². The van der Waals surface area contributed by atoms with Crippen LogP contribution in [0.5, 0.6) is 5.75 Å². The molecule has 108 valence electrons. The Hall–Kier alpha value is -2.51. The number of hydrogen-bond acceptors (Lipinski definition) is 4. The zero-order chi connectivity index (χ0) is 15.2. The van der Waals surface area contributed by atoms with Gasteiger partial charge in [0.2, 0.25) is 0 Å². The molecule has 4 heteroatoms. The van der Waals surface area contributed by atoms with Crippen LogP contribution in [0.2, 0.25) is 0 Å². The topological polar surface area (TPSA) is 48.3 Å². The van der Waals surface area contributed by atoms with Crippen LogP contribution >= 0.6 is 0 Å². The number of anilines is 2. The Morgan fingerprint density at radius 3 is 2.48 bits per heavy atom. The molecule has 0 atom stereocenters. The first-order valence-corrected chi connectivity index (χ1v) is 6.75. The predicted molar refractivity (Wildman–Crippen MR) is 85.0 cm³/mol. The van der Waals surface area contributed by atoms with Gasteiger partial charge in [-0.05, 0) is 49.0 Å². The van der Waals surface area contributed by atoms with Gasteiger partial charge in [-0.3, -0.25) is 0 Å². The number of methoxy groups -OCH3 is 1. The maximum absolute atomic E-state index is 9.37. The monoisotopic (exact) mass is 281 g/mol. The maximum Gasteiger partial charge on any atom is 0.119 e. The van der Waals surface area contributed by atoms with Crippen LogP contribution in [0.15, 0.2) is 42.5 Å². The summed E-state index contributed by atoms with van der Waals surface area (Å²) in [5, 5.41) is 12.5. The van der Waals surface area contributed by atoms with Gasteiger partial charge < -0.3 is 15.0 Å². The van der Waals surface area contributed by atoms with E-state index < -0.39 is 0 Å². The molecule has 0 aliphatic carbocycles. The summed E-state index contributed by atoms with van der Waals surface area (Å²) >= 11 is 0. The van der Waals surface area contributed by atoms with Crippen molar-refractivity contribution >= 4 is 11.4 Å². The first kappa shape index (κ1) is 14.9. The maximum atomic E-state index is 9.37. The molecule has 2 aromatic carbocycles. The molecule has 0 aliphatic heterocycles. The lowest BCUT2D eigenvalue weighted by atomic mass is 10.1. The van der Waals surface area contributed by atoms with Crippen molar-refractivity contribution in [3.63, 3.8) is 0 Å². The van der Waals surface area contributed by atoms with Gasteiger partial charge in [0.25, 0.3) is 0 Å². The van der Waals surface area contributed by atoms with E-state index in [1.165, 1.54) is 0 Å². The van der Waals surface area contributed by atoms with Crippen LogP contribution in [-0.4, -0.2) is 21.2 Å². The summed E-state index contributed by atoms with van der Waals surface area (Å²) in [4.78, 5) is 2.00. The van der Waals surface area contributed by atoms with Crippen LogP contribution < -0.4 is 15.0 Å². The second kappa shape index (κ2) is 6.78. The quantitative estimate of drug-likeness (QED) is 0.915. The molecule has 0 saturated heterocycles. The van der Waals surface area contributed by atoms with E-state index in [0.29, 0.717) is 5.56 Å². The third-order valence-electron chi connectivity index (χ3n) is 3.38. The van der Waals surface area contributed by atoms with Crippen LogP contribution in [0.1, 0.15) is 11.1 Å². The number of rotatable bonds is 5. The van der Waals surface area contributed by atoms with Crippen LogP contribution in [0.25, 0.3) is 0 Å². The molecule has 2 rings (SSSR count). The Labute approximate surface area is 125 Å². The van der Waals surface area contributed by atoms with Gasteiger partial charge in [-0.15, -0.1) is 0 Å². The minimum atomic E-state index is 0.668. The van der Waals surface area contributed by atoms with Crippen molar-refractivity contribution in [1.29, 1.82) is 5.26 Å². The van der Waals surface area contributed by atoms with Crippen LogP contribution in [0, 0.1) is 11.3 Å². The minimum absolute atomic E-state index is 0.668. The molecule has 0 saturated carbocycles. The number of nitrogens with zero attached hydrogens (tertiary/aromatic N) is 2. The Kier molecular flexibility index (Phi) is 4.81. The molecule has 0 unspecified atom stereocenters. The number of hydrogen-bond donors (Lipinski definition) is 1. The van der Waals surface area contributed by atoms with Gasteiger partial charge in [-0.2, -0.15) is 5.26 Å². The van der Waals surface area contributed by atoms with E-state index in [2.05, 4.69) is 11.4 Å². The normalized spacial score (nSPS) is 10.0. The zero-order valence-corrected chi connectivity index (χ0v) is 12.6. The van der Waals surface area contributed by atoms with E-state index in [0.717, 1.165) is 29.2 Å². The molecule has 0 aliphatic rings. The Morgan fingerprint density at radius 2 is 1.90 bits per heavy atom. The van der Waals surface area contributed by atoms with E-state index in [-0.39, 0.29) is 0 Å². The molecule has 1 N–H and O–H groups in total. The molecule has 4 nitrogen and oxygen atoms in total. The zero-order valence-electron chi connectivity index (χ0n) is 12.6. The van der Waals surface area contributed by atoms with Gasteiger partial charge in [0, 0.05) is 19.3 Å². The Morgan fingerprint density at radius 1 is 1.19 bits per heavy atom. The molecule has 0 spiro atoms. The fraction of sp³-hybridized carbons (Fsp3) is 0.235. The summed E-state index contributed by atoms with van der Waals surface area (Å²) < 4.78 is 5.16. The number of nitrogens with one attached hydrogen (secondary N) is 1. The summed E-state index contributed by atoms with van der Waals surface area (Å²) in [6.45, 7) is 0.751. The highest BCUT2D eigenvalue weighted by molar-refractivity contribution is 5.69. The second-order valence-electron chi connectivity index (χ2n) is 4.75. The van der Waals surface area contributed by atoms with Crippen molar-refractivity contribution in [1.82, 2.24) is 5.32 Å². The fourth-order valence-corrected chi connectivity index (χ4v) is 2.22. The lowest BCUT2D eigenvalue weighted by molar-refractivity contribution is 0.415. The van der Waals surface area contributed by atoms with Crippen molar-refractivity contribution in [3.8, 4) is 11.8 Å². The van der Waals surface area contributed by atoms with Gasteiger partial charge in [0.15, 0.2) is 0 Å². The first-order valence-electron chi connectivity index (χ1n) is 6.75. The van der Waals surface area contributed by atoms with Crippen molar-refractivity contribution < 1.29 is 4.74 Å². The largest absolute Gasteiger partial charge is 0.497 e. The smallest absolute Gasteiger partial charge is 0.119 e. The lowest BCUT2D eigenvalue weighted by Crippen LogP contribution is -2.12. The summed E-state index contributed by atoms with van der Waals surface area (Å²) in [6, 6.07) is 16.0. The average molecular weight is 281 g/mol. The summed E-state index contributed by atoms with van der Waals surface area (Å²) in [5.74, 6) is 0.817. The molecule has 0 amide bonds. The number of nitriles is 1. The van der Waals surface area contributed by atoms with Gasteiger partial charge >= 0.3 is 0 Å². The molecule has 0 bridgehead atoms. The van der Waals surface area contributed by atoms with Crippen molar-refractivity contribution in [2.24, 2.45) is 0 Å². The molecule has 0 radical (unpaired) electrons. The van der Waals surface area contributed by atoms with Crippen molar-refractivity contribution in [3.05, 3.63) is 53.6 Å². The van der Waals surface area contributed by atoms with Crippen molar-refractivity contribution in [2.75, 3.05) is 26.1 Å². The standard InChI is InChI=1S/C17H19N3O/c1-19-12-13-4-9-17(14(10-13)11-18)20(2)15-5-7-16(21-3)8-6-15/h4-10,19H,12H2,1-3H3. The molecule has 0 heterocycles. The van der Waals surface area contributed by atoms with E-state index >= 15 is 0 Å². The Balaban J connectivity index is 2.33. The third-order valence-corrected chi connectivity index (χ3v) is 3.38. The van der Waals surface area contributed by atoms with Crippen LogP contribution in [-0.2, 0) is 6.54 Å². The number of benzene rings is 2. The average Bonchev–Trinajstić information content (AvgIpc) is 2.54. The highest BCUT2D eigenvalue weighted by atomic mass is 16.5. The van der Waals surface area contributed by atoms with Crippen LogP contribution in [0.3, 0.4) is 0 Å². The Bertz CT molecular complexity index is 644. The third kappa shape index (κ3) is 3.33. The predicted octanol–water partition coefficient (Wildman–Crippen LogP) is 3.05. The molecule has 0 fully saturated rings. The fourth-order valence-electron chi connectivity index (χ4n) is 2.22. The van der Waals surface area contributed by atoms with Crippen LogP contribution in [0.4, 0.5) is 11.4 Å². The first-order chi connectivity index (χ1) is 10.2. The van der Waals surface area contributed by atoms with Crippen molar-refractivity contribution in [2.45, 2.75) is 6.54 Å². The number of ether oxygens (including phenoxy) is 1. The van der Waals surface area contributed by atoms with Gasteiger partial charge in [-0.25, -0.2) is 0 Å². The molecular formula is C17H19N3O. The SMILES string of the molecule is CNCc1ccc(N(C)c2ccc(OC)cc2)c(C#N)c1. The highest BCUT2D eigenvalue weighted by Gasteiger charge is 2.10. The van der Waals surface area contributed by atoms with E-state index in [4.69, 9.17) is 4.74 Å². The van der Waals surface area contributed by atoms with E-state index in [9.17, 15) is 5.26 Å². The summed E-state index contributed by atoms with van der Waals surface area (Å²) in [7, 11) is 5.49. The summed E-state index contributed by atoms with van der Waals surface area (Å²) in [5.41, 5.74) is 3.66. The van der Waals surface area contributed by atoms with E-state index in [1.807, 2.05) is 61.5 Å².